The van der Waals surface area contributed by atoms with Crippen molar-refractivity contribution in [2.45, 2.75) is 0 Å². The summed E-state index contributed by atoms with van der Waals surface area (Å²) in [7, 11) is 0. The van der Waals surface area contributed by atoms with Gasteiger partial charge in [0.25, 0.3) is 0 Å². The molecule has 0 saturated heterocycles. The summed E-state index contributed by atoms with van der Waals surface area (Å²) < 4.78 is 0. The van der Waals surface area contributed by atoms with Crippen molar-refractivity contribution in [2.24, 2.45) is 0 Å². The molecule has 2 rings (SSSR count). The van der Waals surface area contributed by atoms with E-state index in [1.165, 1.54) is 5.06 Å². The number of hydroxylamine groups is 2. The summed E-state index contributed by atoms with van der Waals surface area (Å²) in [6.07, 6.45) is 1.65. The standard InChI is InChI=1S/C16H15NO3S/c1-2-13-17(18-14-9-5-3-6-10-14)16(21)20-19-15-11-7-4-8-12-15/h2-12H,1,13H2. The summed E-state index contributed by atoms with van der Waals surface area (Å²) in [6.45, 7) is 4.03. The van der Waals surface area contributed by atoms with Gasteiger partial charge in [0, 0.05) is 0 Å². The van der Waals surface area contributed by atoms with Gasteiger partial charge in [-0.15, -0.1) is 6.58 Å². The lowest BCUT2D eigenvalue weighted by atomic mass is 10.3. The molecule has 4 nitrogen and oxygen atoms in total. The Bertz CT molecular complexity index is 575. The minimum atomic E-state index is 0.0580. The predicted octanol–water partition coefficient (Wildman–Crippen LogP) is 3.76. The van der Waals surface area contributed by atoms with Crippen LogP contribution in [0.25, 0.3) is 0 Å². The molecule has 0 unspecified atom stereocenters. The van der Waals surface area contributed by atoms with Crippen molar-refractivity contribution in [1.82, 2.24) is 5.06 Å². The van der Waals surface area contributed by atoms with Gasteiger partial charge in [0.2, 0.25) is 0 Å². The first kappa shape index (κ1) is 14.9. The van der Waals surface area contributed by atoms with Gasteiger partial charge in [-0.2, -0.15) is 5.06 Å². The third kappa shape index (κ3) is 4.81. The van der Waals surface area contributed by atoms with Crippen LogP contribution in [-0.4, -0.2) is 16.8 Å². The van der Waals surface area contributed by atoms with Crippen LogP contribution >= 0.6 is 12.2 Å². The summed E-state index contributed by atoms with van der Waals surface area (Å²) in [5, 5.41) is 1.43. The van der Waals surface area contributed by atoms with Crippen molar-refractivity contribution in [3.8, 4) is 11.5 Å². The maximum Gasteiger partial charge on any atom is 0.346 e. The normalized spacial score (nSPS) is 9.52. The van der Waals surface area contributed by atoms with Crippen LogP contribution < -0.4 is 9.73 Å². The molecule has 5 heteroatoms. The molecule has 2 aromatic rings. The second-order valence-corrected chi connectivity index (χ2v) is 4.35. The van der Waals surface area contributed by atoms with Crippen molar-refractivity contribution in [3.63, 3.8) is 0 Å². The molecule has 0 saturated carbocycles. The topological polar surface area (TPSA) is 30.9 Å². The van der Waals surface area contributed by atoms with Gasteiger partial charge in [-0.1, -0.05) is 42.5 Å². The van der Waals surface area contributed by atoms with Crippen LogP contribution in [0, 0.1) is 0 Å². The molecule has 0 N–H and O–H groups in total. The summed E-state index contributed by atoms with van der Waals surface area (Å²) in [5.41, 5.74) is 0. The fourth-order valence-electron chi connectivity index (χ4n) is 1.48. The zero-order chi connectivity index (χ0) is 14.9. The van der Waals surface area contributed by atoms with Crippen molar-refractivity contribution < 1.29 is 14.6 Å². The second-order valence-electron chi connectivity index (χ2n) is 4.00. The average molecular weight is 301 g/mol. The van der Waals surface area contributed by atoms with E-state index in [2.05, 4.69) is 6.58 Å². The molecule has 0 bridgehead atoms. The Labute approximate surface area is 129 Å². The van der Waals surface area contributed by atoms with Gasteiger partial charge in [0.05, 0.1) is 6.54 Å². The first-order valence-electron chi connectivity index (χ1n) is 6.34. The van der Waals surface area contributed by atoms with Crippen molar-refractivity contribution in [1.29, 1.82) is 0 Å². The largest absolute Gasteiger partial charge is 0.376 e. The van der Waals surface area contributed by atoms with E-state index in [0.717, 1.165) is 0 Å². The predicted molar refractivity (Wildman–Crippen MR) is 84.7 cm³/mol. The van der Waals surface area contributed by atoms with Crippen LogP contribution in [-0.2, 0) is 4.89 Å². The van der Waals surface area contributed by atoms with Crippen LogP contribution in [0.15, 0.2) is 73.3 Å². The van der Waals surface area contributed by atoms with Gasteiger partial charge in [0.1, 0.15) is 0 Å². The minimum absolute atomic E-state index is 0.0580. The molecule has 0 radical (unpaired) electrons. The highest BCUT2D eigenvalue weighted by Crippen LogP contribution is 2.13. The van der Waals surface area contributed by atoms with Crippen molar-refractivity contribution in [2.75, 3.05) is 6.54 Å². The van der Waals surface area contributed by atoms with Crippen molar-refractivity contribution >= 4 is 17.4 Å². The molecule has 108 valence electrons. The van der Waals surface area contributed by atoms with Crippen molar-refractivity contribution in [3.05, 3.63) is 73.3 Å². The molecular formula is C16H15NO3S. The lowest BCUT2D eigenvalue weighted by molar-refractivity contribution is -0.147. The number of hydrogen-bond acceptors (Lipinski definition) is 4. The highest BCUT2D eigenvalue weighted by atomic mass is 32.1. The van der Waals surface area contributed by atoms with E-state index in [1.807, 2.05) is 48.5 Å². The van der Waals surface area contributed by atoms with Crippen LogP contribution in [0.4, 0.5) is 0 Å². The number of nitrogens with zero attached hydrogens (tertiary/aromatic N) is 1. The maximum atomic E-state index is 5.62. The molecule has 0 aromatic heterocycles. The first-order valence-corrected chi connectivity index (χ1v) is 6.75. The van der Waals surface area contributed by atoms with E-state index in [9.17, 15) is 0 Å². The first-order chi connectivity index (χ1) is 10.3. The Balaban J connectivity index is 1.94. The molecular weight excluding hydrogens is 286 g/mol. The lowest BCUT2D eigenvalue weighted by Crippen LogP contribution is -2.35. The van der Waals surface area contributed by atoms with Crippen LogP contribution in [0.5, 0.6) is 11.5 Å². The van der Waals surface area contributed by atoms with Crippen LogP contribution in [0.2, 0.25) is 0 Å². The number of hydrogen-bond donors (Lipinski definition) is 0. The Morgan fingerprint density at radius 2 is 1.57 bits per heavy atom. The molecule has 0 aliphatic carbocycles. The minimum Gasteiger partial charge on any atom is -0.376 e. The van der Waals surface area contributed by atoms with E-state index in [0.29, 0.717) is 18.0 Å². The number of benzene rings is 2. The zero-order valence-corrected chi connectivity index (χ0v) is 12.2. The molecule has 0 fully saturated rings. The van der Waals surface area contributed by atoms with E-state index in [4.69, 9.17) is 26.8 Å². The van der Waals surface area contributed by atoms with E-state index < -0.39 is 0 Å². The highest BCUT2D eigenvalue weighted by molar-refractivity contribution is 7.79. The monoisotopic (exact) mass is 301 g/mol. The Hall–Kier alpha value is -2.53. The average Bonchev–Trinajstić information content (AvgIpc) is 2.54. The molecule has 0 aliphatic rings. The maximum absolute atomic E-state index is 5.62. The molecule has 0 atom stereocenters. The third-order valence-corrected chi connectivity index (χ3v) is 2.68. The quantitative estimate of drug-likeness (QED) is 0.351. The fraction of sp³-hybridized carbons (Fsp3) is 0.0625. The van der Waals surface area contributed by atoms with Gasteiger partial charge < -0.3 is 4.84 Å². The highest BCUT2D eigenvalue weighted by Gasteiger charge is 2.13. The molecule has 21 heavy (non-hydrogen) atoms. The second kappa shape index (κ2) is 7.91. The summed E-state index contributed by atoms with van der Waals surface area (Å²) in [4.78, 5) is 15.9. The molecule has 0 amide bonds. The van der Waals surface area contributed by atoms with Crippen LogP contribution in [0.1, 0.15) is 0 Å². The van der Waals surface area contributed by atoms with Gasteiger partial charge in [-0.25, -0.2) is 0 Å². The SMILES string of the molecule is C=CCN(Oc1ccccc1)C(=S)OOc1ccccc1. The lowest BCUT2D eigenvalue weighted by Gasteiger charge is -2.21. The third-order valence-electron chi connectivity index (χ3n) is 2.41. The molecule has 0 aliphatic heterocycles. The Morgan fingerprint density at radius 1 is 1.00 bits per heavy atom. The summed E-state index contributed by atoms with van der Waals surface area (Å²) >= 11 is 5.15. The van der Waals surface area contributed by atoms with Gasteiger partial charge in [-0.05, 0) is 36.5 Å². The number of rotatable bonds is 6. The van der Waals surface area contributed by atoms with Gasteiger partial charge >= 0.3 is 5.17 Å². The number of para-hydroxylation sites is 2. The van der Waals surface area contributed by atoms with Gasteiger partial charge in [0.15, 0.2) is 11.5 Å². The van der Waals surface area contributed by atoms with Crippen LogP contribution in [0.3, 0.4) is 0 Å². The number of thiocarbonyl (C=S) groups is 1. The Kier molecular flexibility index (Phi) is 5.60. The van der Waals surface area contributed by atoms with Gasteiger partial charge in [-0.3, -0.25) is 9.78 Å². The molecule has 0 heterocycles. The smallest absolute Gasteiger partial charge is 0.346 e. The molecule has 2 aromatic carbocycles. The molecule has 0 spiro atoms. The van der Waals surface area contributed by atoms with E-state index >= 15 is 0 Å². The van der Waals surface area contributed by atoms with E-state index in [-0.39, 0.29) is 5.17 Å². The summed E-state index contributed by atoms with van der Waals surface area (Å²) in [6, 6.07) is 18.3. The fourth-order valence-corrected chi connectivity index (χ4v) is 1.62. The Morgan fingerprint density at radius 3 is 2.14 bits per heavy atom. The summed E-state index contributed by atoms with van der Waals surface area (Å²) in [5.74, 6) is 1.20. The zero-order valence-electron chi connectivity index (χ0n) is 11.3. The van der Waals surface area contributed by atoms with E-state index in [1.54, 1.807) is 18.2 Å².